The number of halogens is 2. The Morgan fingerprint density at radius 3 is 2.59 bits per heavy atom. The molecule has 1 saturated heterocycles. The molecule has 1 heterocycles. The van der Waals surface area contributed by atoms with Gasteiger partial charge in [0, 0.05) is 36.6 Å². The molecular formula is C20H29BrIN3O2. The number of rotatable bonds is 4. The lowest BCUT2D eigenvalue weighted by atomic mass is 9.64. The molecule has 2 fully saturated rings. The van der Waals surface area contributed by atoms with Crippen molar-refractivity contribution in [3.8, 4) is 0 Å². The van der Waals surface area contributed by atoms with E-state index in [1.54, 1.807) is 0 Å². The summed E-state index contributed by atoms with van der Waals surface area (Å²) in [4.78, 5) is 18.4. The van der Waals surface area contributed by atoms with E-state index in [-0.39, 0.29) is 41.3 Å². The van der Waals surface area contributed by atoms with Crippen LogP contribution in [-0.4, -0.2) is 50.6 Å². The minimum atomic E-state index is -0.0873. The molecule has 150 valence electrons. The van der Waals surface area contributed by atoms with Crippen LogP contribution in [-0.2, 0) is 14.9 Å². The molecular weight excluding hydrogens is 521 g/mol. The Hall–Kier alpha value is -0.830. The van der Waals surface area contributed by atoms with Gasteiger partial charge in [0.1, 0.15) is 0 Å². The predicted molar refractivity (Wildman–Crippen MR) is 123 cm³/mol. The summed E-state index contributed by atoms with van der Waals surface area (Å²) in [5.74, 6) is 0.874. The third kappa shape index (κ3) is 5.16. The topological polar surface area (TPSA) is 53.9 Å². The highest BCUT2D eigenvalue weighted by molar-refractivity contribution is 14.0. The molecule has 0 spiro atoms. The number of carbonyl (C=O) groups is 1. The van der Waals surface area contributed by atoms with Gasteiger partial charge < -0.3 is 15.0 Å². The molecule has 0 atom stereocenters. The van der Waals surface area contributed by atoms with Gasteiger partial charge in [0.05, 0.1) is 13.0 Å². The number of carbonyl (C=O) groups excluding carboxylic acids is 1. The maximum Gasteiger partial charge on any atom is 0.308 e. The van der Waals surface area contributed by atoms with Crippen molar-refractivity contribution in [2.24, 2.45) is 10.9 Å². The third-order valence-electron chi connectivity index (χ3n) is 5.87. The van der Waals surface area contributed by atoms with Gasteiger partial charge in [-0.25, -0.2) is 0 Å². The smallest absolute Gasteiger partial charge is 0.308 e. The SMILES string of the molecule is CN=C(NCC1(c2cccc(Br)c2)CCC1)N1CCC(C(=O)OC)CC1.I. The van der Waals surface area contributed by atoms with Crippen molar-refractivity contribution < 1.29 is 9.53 Å². The van der Waals surface area contributed by atoms with Crippen LogP contribution < -0.4 is 5.32 Å². The van der Waals surface area contributed by atoms with Gasteiger partial charge in [0.2, 0.25) is 0 Å². The summed E-state index contributed by atoms with van der Waals surface area (Å²) in [7, 11) is 3.30. The van der Waals surface area contributed by atoms with E-state index in [0.717, 1.165) is 42.9 Å². The Balaban J connectivity index is 0.00000261. The highest BCUT2D eigenvalue weighted by Gasteiger charge is 2.39. The van der Waals surface area contributed by atoms with Crippen molar-refractivity contribution >= 4 is 51.8 Å². The number of nitrogens with one attached hydrogen (secondary N) is 1. The second kappa shape index (κ2) is 10.1. The Labute approximate surface area is 187 Å². The monoisotopic (exact) mass is 549 g/mol. The number of benzene rings is 1. The minimum Gasteiger partial charge on any atom is -0.469 e. The molecule has 0 aromatic heterocycles. The average molecular weight is 550 g/mol. The van der Waals surface area contributed by atoms with E-state index in [1.807, 2.05) is 7.05 Å². The summed E-state index contributed by atoms with van der Waals surface area (Å²) in [5.41, 5.74) is 1.59. The van der Waals surface area contributed by atoms with Gasteiger partial charge in [-0.1, -0.05) is 34.5 Å². The van der Waals surface area contributed by atoms with Crippen molar-refractivity contribution in [2.45, 2.75) is 37.5 Å². The molecule has 27 heavy (non-hydrogen) atoms. The summed E-state index contributed by atoms with van der Waals surface area (Å²) in [6.45, 7) is 2.57. The van der Waals surface area contributed by atoms with Crippen LogP contribution in [0, 0.1) is 5.92 Å². The maximum absolute atomic E-state index is 11.7. The number of nitrogens with zero attached hydrogens (tertiary/aromatic N) is 2. The highest BCUT2D eigenvalue weighted by atomic mass is 127. The molecule has 0 amide bonds. The molecule has 1 aliphatic carbocycles. The Morgan fingerprint density at radius 1 is 1.37 bits per heavy atom. The van der Waals surface area contributed by atoms with E-state index in [4.69, 9.17) is 4.74 Å². The lowest BCUT2D eigenvalue weighted by molar-refractivity contribution is -0.146. The molecule has 3 rings (SSSR count). The van der Waals surface area contributed by atoms with Gasteiger partial charge in [0.15, 0.2) is 5.96 Å². The quantitative estimate of drug-likeness (QED) is 0.267. The first kappa shape index (κ1) is 22.5. The number of ether oxygens (including phenoxy) is 1. The number of methoxy groups -OCH3 is 1. The molecule has 0 unspecified atom stereocenters. The zero-order chi connectivity index (χ0) is 18.6. The molecule has 1 saturated carbocycles. The summed E-state index contributed by atoms with van der Waals surface area (Å²) >= 11 is 3.60. The summed E-state index contributed by atoms with van der Waals surface area (Å²) in [6, 6.07) is 8.67. The normalized spacial score (nSPS) is 19.7. The van der Waals surface area contributed by atoms with Crippen LogP contribution in [0.15, 0.2) is 33.7 Å². The third-order valence-corrected chi connectivity index (χ3v) is 6.37. The number of hydrogen-bond acceptors (Lipinski definition) is 3. The van der Waals surface area contributed by atoms with Gasteiger partial charge in [0.25, 0.3) is 0 Å². The van der Waals surface area contributed by atoms with Crippen molar-refractivity contribution in [2.75, 3.05) is 33.8 Å². The first-order valence-electron chi connectivity index (χ1n) is 9.37. The fourth-order valence-corrected chi connectivity index (χ4v) is 4.46. The summed E-state index contributed by atoms with van der Waals surface area (Å²) < 4.78 is 6.01. The Kier molecular flexibility index (Phi) is 8.39. The van der Waals surface area contributed by atoms with Gasteiger partial charge in [-0.2, -0.15) is 0 Å². The van der Waals surface area contributed by atoms with E-state index in [1.165, 1.54) is 31.9 Å². The van der Waals surface area contributed by atoms with Gasteiger partial charge in [-0.15, -0.1) is 24.0 Å². The lowest BCUT2D eigenvalue weighted by Gasteiger charge is -2.44. The number of piperidine rings is 1. The number of guanidine groups is 1. The van der Waals surface area contributed by atoms with Crippen LogP contribution in [0.3, 0.4) is 0 Å². The number of hydrogen-bond donors (Lipinski definition) is 1. The van der Waals surface area contributed by atoms with Gasteiger partial charge in [-0.05, 0) is 43.4 Å². The van der Waals surface area contributed by atoms with Crippen molar-refractivity contribution in [3.05, 3.63) is 34.3 Å². The molecule has 1 aromatic carbocycles. The number of aliphatic imine (C=N–C) groups is 1. The second-order valence-electron chi connectivity index (χ2n) is 7.33. The first-order valence-corrected chi connectivity index (χ1v) is 10.2. The van der Waals surface area contributed by atoms with Crippen LogP contribution >= 0.6 is 39.9 Å². The summed E-state index contributed by atoms with van der Waals surface area (Å²) in [5, 5.41) is 3.60. The molecule has 2 aliphatic rings. The number of esters is 1. The van der Waals surface area contributed by atoms with E-state index in [2.05, 4.69) is 55.4 Å². The molecule has 5 nitrogen and oxygen atoms in total. The standard InChI is InChI=1S/C20H28BrN3O2.HI/c1-22-19(24-11-7-15(8-12-24)18(25)26-2)23-14-20(9-4-10-20)16-5-3-6-17(21)13-16;/h3,5-6,13,15H,4,7-12,14H2,1-2H3,(H,22,23);1H. The zero-order valence-corrected chi connectivity index (χ0v) is 20.0. The van der Waals surface area contributed by atoms with Crippen LogP contribution in [0.1, 0.15) is 37.7 Å². The fourth-order valence-electron chi connectivity index (χ4n) is 4.06. The maximum atomic E-state index is 11.7. The minimum absolute atomic E-state index is 0. The molecule has 0 radical (unpaired) electrons. The zero-order valence-electron chi connectivity index (χ0n) is 16.0. The molecule has 7 heteroatoms. The van der Waals surface area contributed by atoms with Gasteiger partial charge >= 0.3 is 5.97 Å². The van der Waals surface area contributed by atoms with Crippen molar-refractivity contribution in [1.29, 1.82) is 0 Å². The fraction of sp³-hybridized carbons (Fsp3) is 0.600. The molecule has 0 bridgehead atoms. The Bertz CT molecular complexity index is 671. The highest BCUT2D eigenvalue weighted by Crippen LogP contribution is 2.43. The van der Waals surface area contributed by atoms with Gasteiger partial charge in [-0.3, -0.25) is 9.79 Å². The predicted octanol–water partition coefficient (Wildman–Crippen LogP) is 3.95. The molecule has 1 aromatic rings. The second-order valence-corrected chi connectivity index (χ2v) is 8.25. The van der Waals surface area contributed by atoms with Crippen molar-refractivity contribution in [3.63, 3.8) is 0 Å². The average Bonchev–Trinajstić information content (AvgIpc) is 2.63. The Morgan fingerprint density at radius 2 is 2.07 bits per heavy atom. The first-order chi connectivity index (χ1) is 12.6. The van der Waals surface area contributed by atoms with Crippen LogP contribution in [0.4, 0.5) is 0 Å². The summed E-state index contributed by atoms with van der Waals surface area (Å²) in [6.07, 6.45) is 5.33. The van der Waals surface area contributed by atoms with E-state index >= 15 is 0 Å². The largest absolute Gasteiger partial charge is 0.469 e. The van der Waals surface area contributed by atoms with Crippen LogP contribution in [0.25, 0.3) is 0 Å². The van der Waals surface area contributed by atoms with E-state index in [9.17, 15) is 4.79 Å². The molecule has 1 aliphatic heterocycles. The van der Waals surface area contributed by atoms with E-state index < -0.39 is 0 Å². The van der Waals surface area contributed by atoms with E-state index in [0.29, 0.717) is 0 Å². The number of likely N-dealkylation sites (tertiary alicyclic amines) is 1. The van der Waals surface area contributed by atoms with Crippen LogP contribution in [0.5, 0.6) is 0 Å². The molecule has 1 N–H and O–H groups in total. The lowest BCUT2D eigenvalue weighted by Crippen LogP contribution is -2.52. The van der Waals surface area contributed by atoms with Crippen molar-refractivity contribution in [1.82, 2.24) is 10.2 Å². The van der Waals surface area contributed by atoms with Crippen LogP contribution in [0.2, 0.25) is 0 Å².